The molecule has 0 aromatic rings. The number of nitrogens with one attached hydrogen (secondary N) is 1. The third kappa shape index (κ3) is 4.27. The second-order valence-corrected chi connectivity index (χ2v) is 2.56. The lowest BCUT2D eigenvalue weighted by Gasteiger charge is -2.18. The lowest BCUT2D eigenvalue weighted by Crippen LogP contribution is -2.46. The summed E-state index contributed by atoms with van der Waals surface area (Å²) < 4.78 is 0. The fraction of sp³-hybridized carbons (Fsp3) is 0.571. The van der Waals surface area contributed by atoms with E-state index in [9.17, 15) is 9.59 Å². The lowest BCUT2D eigenvalue weighted by atomic mass is 10.4. The first kappa shape index (κ1) is 12.2. The van der Waals surface area contributed by atoms with Crippen LogP contribution in [-0.2, 0) is 0 Å². The van der Waals surface area contributed by atoms with E-state index < -0.39 is 18.2 Å². The summed E-state index contributed by atoms with van der Waals surface area (Å²) in [4.78, 5) is 22.0. The van der Waals surface area contributed by atoms with Gasteiger partial charge in [0.15, 0.2) is 0 Å². The van der Waals surface area contributed by atoms with Gasteiger partial charge in [-0.1, -0.05) is 0 Å². The number of amides is 3. The fourth-order valence-electron chi connectivity index (χ4n) is 0.723. The van der Waals surface area contributed by atoms with Crippen LogP contribution in [0.5, 0.6) is 0 Å². The Morgan fingerprint density at radius 2 is 2.21 bits per heavy atom. The minimum atomic E-state index is -1.47. The molecule has 1 atom stereocenters. The van der Waals surface area contributed by atoms with E-state index in [-0.39, 0.29) is 13.1 Å². The molecule has 0 aliphatic heterocycles. The van der Waals surface area contributed by atoms with E-state index in [4.69, 9.17) is 15.5 Å². The maximum Gasteiger partial charge on any atom is 0.415 e. The summed E-state index contributed by atoms with van der Waals surface area (Å²) in [6.07, 6.45) is -2.42. The van der Waals surface area contributed by atoms with Gasteiger partial charge in [-0.25, -0.2) is 14.5 Å². The van der Waals surface area contributed by atoms with Gasteiger partial charge in [0.2, 0.25) is 0 Å². The van der Waals surface area contributed by atoms with Crippen LogP contribution < -0.4 is 5.32 Å². The number of aliphatic hydroxyl groups excluding tert-OH is 1. The van der Waals surface area contributed by atoms with Gasteiger partial charge in [-0.15, -0.1) is 0 Å². The summed E-state index contributed by atoms with van der Waals surface area (Å²) in [6.45, 7) is 0.753. The number of urea groups is 1. The zero-order valence-corrected chi connectivity index (χ0v) is 7.60. The highest BCUT2D eigenvalue weighted by atomic mass is 16.4. The van der Waals surface area contributed by atoms with Crippen molar-refractivity contribution < 1.29 is 19.8 Å². The lowest BCUT2D eigenvalue weighted by molar-refractivity contribution is 0.114. The van der Waals surface area contributed by atoms with Crippen molar-refractivity contribution >= 4 is 12.1 Å². The summed E-state index contributed by atoms with van der Waals surface area (Å²) in [7, 11) is 0. The summed E-state index contributed by atoms with van der Waals surface area (Å²) in [5.74, 6) is 0. The number of aliphatic hydroxyl groups is 1. The molecule has 0 saturated heterocycles. The SMILES string of the molecule is CC(O)CN(C(=O)O)C(=O)NCC#N. The molecule has 0 aromatic heterocycles. The second-order valence-electron chi connectivity index (χ2n) is 2.56. The number of nitrogens with zero attached hydrogens (tertiary/aromatic N) is 2. The molecule has 0 spiro atoms. The highest BCUT2D eigenvalue weighted by Crippen LogP contribution is 1.94. The molecule has 0 radical (unpaired) electrons. The molecule has 0 rings (SSSR count). The van der Waals surface area contributed by atoms with Crippen LogP contribution in [0, 0.1) is 11.3 Å². The molecule has 0 bridgehead atoms. The summed E-state index contributed by atoms with van der Waals surface area (Å²) >= 11 is 0. The maximum atomic E-state index is 11.1. The Balaban J connectivity index is 4.28. The Morgan fingerprint density at radius 1 is 1.64 bits per heavy atom. The number of rotatable bonds is 3. The quantitative estimate of drug-likeness (QED) is 0.536. The molecular weight excluding hydrogens is 190 g/mol. The summed E-state index contributed by atoms with van der Waals surface area (Å²) in [6, 6.07) is 0.715. The van der Waals surface area contributed by atoms with Crippen molar-refractivity contribution in [3.8, 4) is 6.07 Å². The molecule has 14 heavy (non-hydrogen) atoms. The second kappa shape index (κ2) is 5.77. The molecule has 1 unspecified atom stereocenters. The first-order chi connectivity index (χ1) is 6.49. The predicted molar refractivity (Wildman–Crippen MR) is 45.4 cm³/mol. The molecule has 0 aliphatic carbocycles. The van der Waals surface area contributed by atoms with E-state index in [1.165, 1.54) is 6.92 Å². The Bertz CT molecular complexity index is 258. The smallest absolute Gasteiger partial charge is 0.415 e. The summed E-state index contributed by atoms with van der Waals surface area (Å²) in [5.41, 5.74) is 0. The van der Waals surface area contributed by atoms with Crippen LogP contribution in [0.25, 0.3) is 0 Å². The number of carbonyl (C=O) groups excluding carboxylic acids is 1. The molecule has 7 nitrogen and oxygen atoms in total. The van der Waals surface area contributed by atoms with Crippen LogP contribution in [0.1, 0.15) is 6.92 Å². The van der Waals surface area contributed by atoms with Gasteiger partial charge in [-0.2, -0.15) is 5.26 Å². The standard InChI is InChI=1S/C7H11N3O4/c1-5(11)4-10(7(13)14)6(12)9-3-2-8/h5,11H,3-4H2,1H3,(H,9,12)(H,13,14). The topological polar surface area (TPSA) is 114 Å². The molecule has 7 heteroatoms. The molecule has 0 heterocycles. The maximum absolute atomic E-state index is 11.1. The van der Waals surface area contributed by atoms with E-state index in [2.05, 4.69) is 5.32 Å². The average Bonchev–Trinajstić information content (AvgIpc) is 2.09. The van der Waals surface area contributed by atoms with E-state index in [1.54, 1.807) is 6.07 Å². The first-order valence-corrected chi connectivity index (χ1v) is 3.82. The van der Waals surface area contributed by atoms with Crippen molar-refractivity contribution in [2.45, 2.75) is 13.0 Å². The van der Waals surface area contributed by atoms with Crippen LogP contribution in [0.4, 0.5) is 9.59 Å². The Morgan fingerprint density at radius 3 is 2.57 bits per heavy atom. The minimum absolute atomic E-state index is 0.275. The third-order valence-electron chi connectivity index (χ3n) is 1.24. The van der Waals surface area contributed by atoms with Crippen molar-refractivity contribution in [3.63, 3.8) is 0 Å². The van der Waals surface area contributed by atoms with Gasteiger partial charge in [0.25, 0.3) is 0 Å². The molecule has 0 fully saturated rings. The van der Waals surface area contributed by atoms with E-state index in [0.29, 0.717) is 4.90 Å². The highest BCUT2D eigenvalue weighted by Gasteiger charge is 2.21. The van der Waals surface area contributed by atoms with Gasteiger partial charge < -0.3 is 15.5 Å². The van der Waals surface area contributed by atoms with Gasteiger partial charge in [-0.05, 0) is 6.92 Å². The van der Waals surface area contributed by atoms with Crippen LogP contribution in [-0.4, -0.2) is 46.4 Å². The van der Waals surface area contributed by atoms with Gasteiger partial charge in [-0.3, -0.25) is 0 Å². The molecule has 3 N–H and O–H groups in total. The number of carbonyl (C=O) groups is 2. The molecule has 0 aromatic carbocycles. The zero-order chi connectivity index (χ0) is 11.1. The van der Waals surface area contributed by atoms with E-state index >= 15 is 0 Å². The number of nitriles is 1. The van der Waals surface area contributed by atoms with Gasteiger partial charge >= 0.3 is 12.1 Å². The molecule has 3 amide bonds. The Hall–Kier alpha value is -1.81. The Labute approximate surface area is 80.5 Å². The van der Waals surface area contributed by atoms with Crippen LogP contribution in [0.3, 0.4) is 0 Å². The average molecular weight is 201 g/mol. The van der Waals surface area contributed by atoms with Crippen molar-refractivity contribution in [1.29, 1.82) is 5.26 Å². The van der Waals surface area contributed by atoms with E-state index in [1.807, 2.05) is 0 Å². The minimum Gasteiger partial charge on any atom is -0.465 e. The summed E-state index contributed by atoms with van der Waals surface area (Å²) in [5, 5.41) is 27.6. The van der Waals surface area contributed by atoms with Crippen molar-refractivity contribution in [2.24, 2.45) is 0 Å². The van der Waals surface area contributed by atoms with Crippen LogP contribution >= 0.6 is 0 Å². The van der Waals surface area contributed by atoms with Crippen LogP contribution in [0.15, 0.2) is 0 Å². The highest BCUT2D eigenvalue weighted by molar-refractivity contribution is 5.90. The van der Waals surface area contributed by atoms with E-state index in [0.717, 1.165) is 0 Å². The molecular formula is C7H11N3O4. The predicted octanol–water partition coefficient (Wildman–Crippen LogP) is -0.420. The van der Waals surface area contributed by atoms with Crippen molar-refractivity contribution in [1.82, 2.24) is 10.2 Å². The number of hydrogen-bond acceptors (Lipinski definition) is 4. The Kier molecular flexibility index (Phi) is 5.02. The third-order valence-corrected chi connectivity index (χ3v) is 1.24. The van der Waals surface area contributed by atoms with Gasteiger partial charge in [0.1, 0.15) is 6.54 Å². The van der Waals surface area contributed by atoms with Gasteiger partial charge in [0.05, 0.1) is 18.7 Å². The largest absolute Gasteiger partial charge is 0.465 e. The zero-order valence-electron chi connectivity index (χ0n) is 7.60. The number of hydrogen-bond donors (Lipinski definition) is 3. The molecule has 78 valence electrons. The number of carboxylic acid groups (broad SMARTS) is 1. The fourth-order valence-corrected chi connectivity index (χ4v) is 0.723. The monoisotopic (exact) mass is 201 g/mol. The molecule has 0 aliphatic rings. The van der Waals surface area contributed by atoms with Crippen molar-refractivity contribution in [3.05, 3.63) is 0 Å². The first-order valence-electron chi connectivity index (χ1n) is 3.82. The van der Waals surface area contributed by atoms with Crippen molar-refractivity contribution in [2.75, 3.05) is 13.1 Å². The number of imide groups is 1. The molecule has 0 saturated carbocycles. The normalized spacial score (nSPS) is 11.2. The van der Waals surface area contributed by atoms with Gasteiger partial charge in [0, 0.05) is 0 Å². The van der Waals surface area contributed by atoms with Crippen LogP contribution in [0.2, 0.25) is 0 Å².